The van der Waals surface area contributed by atoms with Crippen molar-refractivity contribution in [3.8, 4) is 0 Å². The normalized spacial score (nSPS) is 17.4. The van der Waals surface area contributed by atoms with Gasteiger partial charge in [-0.1, -0.05) is 0 Å². The molecule has 6 heteroatoms. The van der Waals surface area contributed by atoms with Crippen LogP contribution in [0.15, 0.2) is 0 Å². The molecule has 0 bridgehead atoms. The van der Waals surface area contributed by atoms with Crippen LogP contribution in [-0.2, 0) is 11.3 Å². The fourth-order valence-corrected chi connectivity index (χ4v) is 2.94. The molecule has 0 atom stereocenters. The van der Waals surface area contributed by atoms with E-state index in [-0.39, 0.29) is 0 Å². The van der Waals surface area contributed by atoms with E-state index in [0.717, 1.165) is 24.0 Å². The number of aromatic nitrogens is 2. The Morgan fingerprint density at radius 3 is 2.93 bits per heavy atom. The van der Waals surface area contributed by atoms with Crippen LogP contribution >= 0.6 is 23.3 Å². The van der Waals surface area contributed by atoms with Crippen LogP contribution in [0.1, 0.15) is 5.82 Å². The zero-order valence-corrected chi connectivity index (χ0v) is 9.73. The van der Waals surface area contributed by atoms with E-state index in [9.17, 15) is 0 Å². The average molecular weight is 231 g/mol. The van der Waals surface area contributed by atoms with E-state index in [1.807, 2.05) is 11.8 Å². The molecular weight excluding hydrogens is 218 g/mol. The van der Waals surface area contributed by atoms with Gasteiger partial charge in [0, 0.05) is 43.2 Å². The fourth-order valence-electron chi connectivity index (χ4n) is 1.32. The number of anilines is 1. The molecule has 0 N–H and O–H groups in total. The van der Waals surface area contributed by atoms with Crippen molar-refractivity contribution in [3.63, 3.8) is 0 Å². The van der Waals surface area contributed by atoms with Gasteiger partial charge in [-0.05, 0) is 0 Å². The summed E-state index contributed by atoms with van der Waals surface area (Å²) in [6.45, 7) is 2.69. The van der Waals surface area contributed by atoms with Crippen molar-refractivity contribution in [2.45, 2.75) is 6.61 Å². The molecule has 0 unspecified atom stereocenters. The smallest absolute Gasteiger partial charge is 0.205 e. The number of methoxy groups -OCH3 is 1. The third-order valence-corrected chi connectivity index (χ3v) is 3.77. The number of rotatable bonds is 3. The number of ether oxygens (including phenoxy) is 1. The predicted molar refractivity (Wildman–Crippen MR) is 60.2 cm³/mol. The Labute approximate surface area is 91.8 Å². The Balaban J connectivity index is 2.00. The first-order valence-electron chi connectivity index (χ1n) is 4.54. The molecule has 1 aromatic heterocycles. The lowest BCUT2D eigenvalue weighted by Crippen LogP contribution is -2.32. The maximum absolute atomic E-state index is 4.99. The summed E-state index contributed by atoms with van der Waals surface area (Å²) in [6, 6.07) is 0. The van der Waals surface area contributed by atoms with Gasteiger partial charge in [0.2, 0.25) is 5.13 Å². The van der Waals surface area contributed by atoms with Gasteiger partial charge in [0.15, 0.2) is 5.82 Å². The van der Waals surface area contributed by atoms with Crippen LogP contribution in [0, 0.1) is 0 Å². The van der Waals surface area contributed by atoms with Crippen molar-refractivity contribution in [2.24, 2.45) is 0 Å². The van der Waals surface area contributed by atoms with Crippen LogP contribution in [-0.4, -0.2) is 41.1 Å². The van der Waals surface area contributed by atoms with Gasteiger partial charge in [-0.2, -0.15) is 16.1 Å². The molecule has 1 aliphatic heterocycles. The maximum atomic E-state index is 4.99. The van der Waals surface area contributed by atoms with Gasteiger partial charge in [-0.15, -0.1) is 0 Å². The molecule has 2 rings (SSSR count). The van der Waals surface area contributed by atoms with Crippen LogP contribution in [0.25, 0.3) is 0 Å². The zero-order valence-electron chi connectivity index (χ0n) is 8.10. The second-order valence-electron chi connectivity index (χ2n) is 3.03. The molecule has 0 radical (unpaired) electrons. The number of hydrogen-bond acceptors (Lipinski definition) is 6. The molecule has 1 saturated heterocycles. The van der Waals surface area contributed by atoms with E-state index in [2.05, 4.69) is 14.3 Å². The quantitative estimate of drug-likeness (QED) is 0.782. The number of hydrogen-bond donors (Lipinski definition) is 0. The highest BCUT2D eigenvalue weighted by molar-refractivity contribution is 7.99. The van der Waals surface area contributed by atoms with Gasteiger partial charge in [0.25, 0.3) is 0 Å². The maximum Gasteiger partial charge on any atom is 0.205 e. The Morgan fingerprint density at radius 1 is 1.43 bits per heavy atom. The molecule has 1 aliphatic rings. The Hall–Kier alpha value is -0.330. The summed E-state index contributed by atoms with van der Waals surface area (Å²) in [7, 11) is 1.66. The van der Waals surface area contributed by atoms with Crippen LogP contribution in [0.2, 0.25) is 0 Å². The molecule has 0 aromatic carbocycles. The van der Waals surface area contributed by atoms with Crippen molar-refractivity contribution >= 4 is 28.4 Å². The first-order valence-corrected chi connectivity index (χ1v) is 6.47. The minimum Gasteiger partial charge on any atom is -0.377 e. The third-order valence-electron chi connectivity index (χ3n) is 2.01. The average Bonchev–Trinajstić information content (AvgIpc) is 2.68. The van der Waals surface area contributed by atoms with E-state index in [1.165, 1.54) is 23.0 Å². The fraction of sp³-hybridized carbons (Fsp3) is 0.750. The molecule has 0 aliphatic carbocycles. The molecule has 0 amide bonds. The number of nitrogens with zero attached hydrogens (tertiary/aromatic N) is 3. The van der Waals surface area contributed by atoms with Gasteiger partial charge >= 0.3 is 0 Å². The van der Waals surface area contributed by atoms with Crippen molar-refractivity contribution in [1.29, 1.82) is 0 Å². The van der Waals surface area contributed by atoms with E-state index < -0.39 is 0 Å². The standard InChI is InChI=1S/C8H13N3OS2/c1-12-6-7-9-8(14-10-7)11-2-4-13-5-3-11/h2-6H2,1H3. The predicted octanol–water partition coefficient (Wildman–Crippen LogP) is 1.24. The molecule has 78 valence electrons. The summed E-state index contributed by atoms with van der Waals surface area (Å²) in [5.74, 6) is 3.18. The largest absolute Gasteiger partial charge is 0.377 e. The van der Waals surface area contributed by atoms with Gasteiger partial charge in [0.05, 0.1) is 0 Å². The molecule has 14 heavy (non-hydrogen) atoms. The monoisotopic (exact) mass is 231 g/mol. The van der Waals surface area contributed by atoms with Crippen molar-refractivity contribution < 1.29 is 4.74 Å². The van der Waals surface area contributed by atoms with E-state index in [0.29, 0.717) is 6.61 Å². The molecular formula is C8H13N3OS2. The summed E-state index contributed by atoms with van der Waals surface area (Å²) < 4.78 is 9.23. The molecule has 0 saturated carbocycles. The third kappa shape index (κ3) is 2.37. The molecule has 0 spiro atoms. The molecule has 1 fully saturated rings. The molecule has 2 heterocycles. The summed E-state index contributed by atoms with van der Waals surface area (Å²) >= 11 is 3.47. The van der Waals surface area contributed by atoms with Crippen molar-refractivity contribution in [3.05, 3.63) is 5.82 Å². The SMILES string of the molecule is COCc1nsc(N2CCSCC2)n1. The van der Waals surface area contributed by atoms with Crippen LogP contribution in [0.5, 0.6) is 0 Å². The topological polar surface area (TPSA) is 38.2 Å². The lowest BCUT2D eigenvalue weighted by molar-refractivity contribution is 0.179. The summed E-state index contributed by atoms with van der Waals surface area (Å²) in [5.41, 5.74) is 0. The number of thioether (sulfide) groups is 1. The first kappa shape index (κ1) is 10.2. The van der Waals surface area contributed by atoms with Gasteiger partial charge in [-0.3, -0.25) is 0 Å². The van der Waals surface area contributed by atoms with Gasteiger partial charge in [0.1, 0.15) is 6.61 Å². The van der Waals surface area contributed by atoms with E-state index in [4.69, 9.17) is 4.74 Å². The van der Waals surface area contributed by atoms with Crippen LogP contribution < -0.4 is 4.90 Å². The lowest BCUT2D eigenvalue weighted by atomic mass is 10.5. The van der Waals surface area contributed by atoms with Gasteiger partial charge < -0.3 is 9.64 Å². The first-order chi connectivity index (χ1) is 6.90. The van der Waals surface area contributed by atoms with E-state index >= 15 is 0 Å². The minimum absolute atomic E-state index is 0.513. The van der Waals surface area contributed by atoms with Crippen molar-refractivity contribution in [1.82, 2.24) is 9.36 Å². The summed E-state index contributed by atoms with van der Waals surface area (Å²) in [4.78, 5) is 6.72. The highest BCUT2D eigenvalue weighted by atomic mass is 32.2. The Kier molecular flexibility index (Phi) is 3.61. The second kappa shape index (κ2) is 4.95. The highest BCUT2D eigenvalue weighted by Gasteiger charge is 2.15. The van der Waals surface area contributed by atoms with Crippen molar-refractivity contribution in [2.75, 3.05) is 36.6 Å². The minimum atomic E-state index is 0.513. The summed E-state index contributed by atoms with van der Waals surface area (Å²) in [5, 5.41) is 1.04. The lowest BCUT2D eigenvalue weighted by Gasteiger charge is -2.24. The Bertz CT molecular complexity index is 286. The van der Waals surface area contributed by atoms with E-state index in [1.54, 1.807) is 7.11 Å². The van der Waals surface area contributed by atoms with Gasteiger partial charge in [-0.25, -0.2) is 4.98 Å². The molecule has 4 nitrogen and oxygen atoms in total. The van der Waals surface area contributed by atoms with Crippen LogP contribution in [0.3, 0.4) is 0 Å². The summed E-state index contributed by atoms with van der Waals surface area (Å²) in [6.07, 6.45) is 0. The Morgan fingerprint density at radius 2 is 2.21 bits per heavy atom. The van der Waals surface area contributed by atoms with Crippen LogP contribution in [0.4, 0.5) is 5.13 Å². The second-order valence-corrected chi connectivity index (χ2v) is 4.98. The zero-order chi connectivity index (χ0) is 9.80. The highest BCUT2D eigenvalue weighted by Crippen LogP contribution is 2.21. The molecule has 1 aromatic rings.